The fourth-order valence-corrected chi connectivity index (χ4v) is 6.86. The van der Waals surface area contributed by atoms with Crippen LogP contribution in [0.5, 0.6) is 5.75 Å². The summed E-state index contributed by atoms with van der Waals surface area (Å²) in [6.45, 7) is 2.13. The van der Waals surface area contributed by atoms with Crippen LogP contribution in [0, 0.1) is 6.92 Å². The second kappa shape index (κ2) is 13.1. The number of ether oxygens (including phenoxy) is 1. The van der Waals surface area contributed by atoms with Crippen molar-refractivity contribution in [3.05, 3.63) is 188 Å². The van der Waals surface area contributed by atoms with Gasteiger partial charge in [0.1, 0.15) is 5.75 Å². The Balaban J connectivity index is 1.32. The molecule has 0 heterocycles. The first-order valence-corrected chi connectivity index (χ1v) is 16.6. The number of aryl methyl sites for hydroxylation is 1. The van der Waals surface area contributed by atoms with Crippen LogP contribution in [0.1, 0.15) is 5.56 Å². The molecule has 8 rings (SSSR count). The molecule has 0 saturated carbocycles. The maximum absolute atomic E-state index is 5.49. The molecule has 8 aromatic carbocycles. The quantitative estimate of drug-likeness (QED) is 0.166. The molecule has 0 unspecified atom stereocenters. The van der Waals surface area contributed by atoms with E-state index in [1.54, 1.807) is 7.11 Å². The van der Waals surface area contributed by atoms with E-state index in [4.69, 9.17) is 4.74 Å². The third kappa shape index (κ3) is 5.66. The second-order valence-electron chi connectivity index (χ2n) is 12.2. The molecule has 8 aromatic rings. The third-order valence-corrected chi connectivity index (χ3v) is 9.23. The van der Waals surface area contributed by atoms with Gasteiger partial charge in [-0.1, -0.05) is 115 Å². The summed E-state index contributed by atoms with van der Waals surface area (Å²) in [6, 6.07) is 64.9. The van der Waals surface area contributed by atoms with Crippen molar-refractivity contribution in [1.29, 1.82) is 0 Å². The average Bonchev–Trinajstić information content (AvgIpc) is 3.17. The zero-order chi connectivity index (χ0) is 33.2. The van der Waals surface area contributed by atoms with Gasteiger partial charge in [0.2, 0.25) is 0 Å². The minimum Gasteiger partial charge on any atom is -0.497 e. The van der Waals surface area contributed by atoms with Gasteiger partial charge in [-0.3, -0.25) is 0 Å². The number of hydrogen-bond acceptors (Lipinski definition) is 3. The van der Waals surface area contributed by atoms with Gasteiger partial charge in [-0.05, 0) is 102 Å². The molecule has 0 radical (unpaired) electrons. The molecule has 0 N–H and O–H groups in total. The lowest BCUT2D eigenvalue weighted by atomic mass is 9.92. The summed E-state index contributed by atoms with van der Waals surface area (Å²) in [7, 11) is 1.70. The number of methoxy groups -OCH3 is 1. The van der Waals surface area contributed by atoms with Crippen molar-refractivity contribution in [2.45, 2.75) is 6.92 Å². The average molecular weight is 633 g/mol. The Morgan fingerprint density at radius 1 is 0.347 bits per heavy atom. The van der Waals surface area contributed by atoms with E-state index in [2.05, 4.69) is 187 Å². The summed E-state index contributed by atoms with van der Waals surface area (Å²) in [5, 5.41) is 4.78. The predicted molar refractivity (Wildman–Crippen MR) is 208 cm³/mol. The normalized spacial score (nSPS) is 11.1. The van der Waals surface area contributed by atoms with Crippen molar-refractivity contribution < 1.29 is 4.74 Å². The van der Waals surface area contributed by atoms with Crippen molar-refractivity contribution in [3.63, 3.8) is 0 Å². The summed E-state index contributed by atoms with van der Waals surface area (Å²) in [4.78, 5) is 4.69. The Labute approximate surface area is 287 Å². The molecule has 0 aliphatic heterocycles. The molecule has 0 aromatic heterocycles. The van der Waals surface area contributed by atoms with Crippen molar-refractivity contribution in [2.24, 2.45) is 0 Å². The highest BCUT2D eigenvalue weighted by atomic mass is 16.5. The number of nitrogens with zero attached hydrogens (tertiary/aromatic N) is 2. The maximum atomic E-state index is 5.49. The summed E-state index contributed by atoms with van der Waals surface area (Å²) in [5.41, 5.74) is 10.3. The van der Waals surface area contributed by atoms with Crippen LogP contribution in [-0.2, 0) is 0 Å². The molecular formula is C46H36N2O. The summed E-state index contributed by atoms with van der Waals surface area (Å²) >= 11 is 0. The Hall–Kier alpha value is -6.32. The van der Waals surface area contributed by atoms with Crippen LogP contribution in [0.4, 0.5) is 34.1 Å². The number of benzene rings is 8. The van der Waals surface area contributed by atoms with E-state index in [-0.39, 0.29) is 0 Å². The summed E-state index contributed by atoms with van der Waals surface area (Å²) in [6.07, 6.45) is 0. The Morgan fingerprint density at radius 2 is 0.714 bits per heavy atom. The molecule has 49 heavy (non-hydrogen) atoms. The van der Waals surface area contributed by atoms with Crippen LogP contribution >= 0.6 is 0 Å². The van der Waals surface area contributed by atoms with Gasteiger partial charge in [-0.2, -0.15) is 0 Å². The first kappa shape index (κ1) is 30.0. The predicted octanol–water partition coefficient (Wildman–Crippen LogP) is 12.9. The number of rotatable bonds is 8. The first-order valence-electron chi connectivity index (χ1n) is 16.6. The van der Waals surface area contributed by atoms with Gasteiger partial charge in [0.15, 0.2) is 0 Å². The van der Waals surface area contributed by atoms with E-state index in [1.807, 2.05) is 12.1 Å². The maximum Gasteiger partial charge on any atom is 0.119 e. The molecule has 0 saturated heterocycles. The van der Waals surface area contributed by atoms with Crippen molar-refractivity contribution in [1.82, 2.24) is 0 Å². The van der Waals surface area contributed by atoms with E-state index in [0.29, 0.717) is 0 Å². The molecular weight excluding hydrogens is 597 g/mol. The number of para-hydroxylation sites is 2. The van der Waals surface area contributed by atoms with Crippen molar-refractivity contribution in [3.8, 4) is 16.9 Å². The summed E-state index contributed by atoms with van der Waals surface area (Å²) < 4.78 is 5.49. The lowest BCUT2D eigenvalue weighted by molar-refractivity contribution is 0.415. The molecule has 0 aliphatic rings. The van der Waals surface area contributed by atoms with Gasteiger partial charge in [-0.25, -0.2) is 0 Å². The molecule has 0 bridgehead atoms. The fourth-order valence-electron chi connectivity index (χ4n) is 6.86. The third-order valence-electron chi connectivity index (χ3n) is 9.23. The highest BCUT2D eigenvalue weighted by molar-refractivity contribution is 6.13. The minimum atomic E-state index is 0.834. The van der Waals surface area contributed by atoms with E-state index in [1.165, 1.54) is 38.2 Å². The minimum absolute atomic E-state index is 0.834. The molecule has 0 atom stereocenters. The van der Waals surface area contributed by atoms with E-state index < -0.39 is 0 Å². The second-order valence-corrected chi connectivity index (χ2v) is 12.2. The smallest absolute Gasteiger partial charge is 0.119 e. The zero-order valence-electron chi connectivity index (χ0n) is 27.6. The molecule has 0 fully saturated rings. The molecule has 0 spiro atoms. The van der Waals surface area contributed by atoms with Crippen molar-refractivity contribution in [2.75, 3.05) is 16.9 Å². The highest BCUT2D eigenvalue weighted by Crippen LogP contribution is 2.46. The standard InChI is InChI=1S/C46H36N2O/c1-33-21-23-36(24-22-33)47(34-13-5-3-6-14-34)45-31-29-41(39-17-9-11-19-43(39)45)42-30-32-46(44-20-12-10-18-40(42)44)48(35-15-7-4-8-16-35)37-25-27-38(49-2)28-26-37/h3-32H,1-2H3. The number of anilines is 6. The van der Waals surface area contributed by atoms with Crippen LogP contribution in [0.15, 0.2) is 182 Å². The summed E-state index contributed by atoms with van der Waals surface area (Å²) in [5.74, 6) is 0.834. The molecule has 0 amide bonds. The highest BCUT2D eigenvalue weighted by Gasteiger charge is 2.20. The van der Waals surface area contributed by atoms with Gasteiger partial charge in [0, 0.05) is 33.5 Å². The van der Waals surface area contributed by atoms with Crippen LogP contribution in [0.25, 0.3) is 32.7 Å². The first-order chi connectivity index (χ1) is 24.2. The van der Waals surface area contributed by atoms with Gasteiger partial charge in [0.05, 0.1) is 18.5 Å². The van der Waals surface area contributed by atoms with Gasteiger partial charge in [-0.15, -0.1) is 0 Å². The Kier molecular flexibility index (Phi) is 8.01. The Morgan fingerprint density at radius 3 is 1.14 bits per heavy atom. The van der Waals surface area contributed by atoms with Gasteiger partial charge >= 0.3 is 0 Å². The largest absolute Gasteiger partial charge is 0.497 e. The lowest BCUT2D eigenvalue weighted by Gasteiger charge is -2.28. The molecule has 3 heteroatoms. The molecule has 236 valence electrons. The zero-order valence-corrected chi connectivity index (χ0v) is 27.6. The van der Waals surface area contributed by atoms with E-state index in [0.717, 1.165) is 39.9 Å². The Bertz CT molecular complexity index is 2370. The number of fused-ring (bicyclic) bond motifs is 2. The topological polar surface area (TPSA) is 15.7 Å². The lowest BCUT2D eigenvalue weighted by Crippen LogP contribution is -2.11. The van der Waals surface area contributed by atoms with Crippen LogP contribution in [0.3, 0.4) is 0 Å². The van der Waals surface area contributed by atoms with E-state index >= 15 is 0 Å². The van der Waals surface area contributed by atoms with Gasteiger partial charge < -0.3 is 14.5 Å². The van der Waals surface area contributed by atoms with Crippen LogP contribution in [-0.4, -0.2) is 7.11 Å². The SMILES string of the molecule is COc1ccc(N(c2ccccc2)c2ccc(-c3ccc(N(c4ccccc4)c4ccc(C)cc4)c4ccccc34)c3ccccc23)cc1. The molecule has 3 nitrogen and oxygen atoms in total. The molecule has 0 aliphatic carbocycles. The van der Waals surface area contributed by atoms with E-state index in [9.17, 15) is 0 Å². The number of hydrogen-bond donors (Lipinski definition) is 0. The van der Waals surface area contributed by atoms with Crippen molar-refractivity contribution >= 4 is 55.7 Å². The fraction of sp³-hybridized carbons (Fsp3) is 0.0435. The monoisotopic (exact) mass is 632 g/mol. The van der Waals surface area contributed by atoms with Gasteiger partial charge in [0.25, 0.3) is 0 Å². The van der Waals surface area contributed by atoms with Crippen LogP contribution < -0.4 is 14.5 Å². The van der Waals surface area contributed by atoms with Crippen LogP contribution in [0.2, 0.25) is 0 Å².